The molecular formula is C14H12BrN3OS. The zero-order chi connectivity index (χ0) is 14.3. The quantitative estimate of drug-likeness (QED) is 0.694. The first-order chi connectivity index (χ1) is 9.58. The lowest BCUT2D eigenvalue weighted by Crippen LogP contribution is -1.95. The van der Waals surface area contributed by atoms with E-state index >= 15 is 0 Å². The van der Waals surface area contributed by atoms with Crippen molar-refractivity contribution < 1.29 is 4.74 Å². The Hall–Kier alpha value is -1.66. The van der Waals surface area contributed by atoms with E-state index in [4.69, 9.17) is 10.5 Å². The Bertz CT molecular complexity index is 780. The summed E-state index contributed by atoms with van der Waals surface area (Å²) >= 11 is 5.08. The molecule has 2 aromatic heterocycles. The second-order valence-corrected chi connectivity index (χ2v) is 6.46. The van der Waals surface area contributed by atoms with Crippen molar-refractivity contribution in [1.82, 2.24) is 9.97 Å². The number of aromatic nitrogens is 2. The third kappa shape index (κ3) is 2.14. The molecule has 0 aliphatic rings. The Morgan fingerprint density at radius 3 is 2.80 bits per heavy atom. The molecule has 0 aliphatic carbocycles. The lowest BCUT2D eigenvalue weighted by Gasteiger charge is -2.10. The lowest BCUT2D eigenvalue weighted by molar-refractivity contribution is 0.467. The number of hydrogen-bond donors (Lipinski definition) is 1. The van der Waals surface area contributed by atoms with Crippen LogP contribution >= 0.6 is 27.3 Å². The van der Waals surface area contributed by atoms with Crippen LogP contribution in [0.25, 0.3) is 10.2 Å². The van der Waals surface area contributed by atoms with E-state index in [1.54, 1.807) is 17.4 Å². The van der Waals surface area contributed by atoms with Crippen molar-refractivity contribution in [3.63, 3.8) is 0 Å². The number of para-hydroxylation sites is 1. The van der Waals surface area contributed by atoms with E-state index < -0.39 is 0 Å². The van der Waals surface area contributed by atoms with Gasteiger partial charge in [0, 0.05) is 4.88 Å². The molecule has 0 unspecified atom stereocenters. The number of fused-ring (bicyclic) bond motifs is 1. The molecule has 4 nitrogen and oxygen atoms in total. The van der Waals surface area contributed by atoms with Crippen LogP contribution in [0, 0.1) is 13.8 Å². The Balaban J connectivity index is 2.16. The van der Waals surface area contributed by atoms with Crippen molar-refractivity contribution in [2.75, 3.05) is 5.73 Å². The van der Waals surface area contributed by atoms with Gasteiger partial charge in [0.05, 0.1) is 15.5 Å². The molecule has 0 saturated carbocycles. The topological polar surface area (TPSA) is 61.0 Å². The van der Waals surface area contributed by atoms with E-state index in [-0.39, 0.29) is 0 Å². The Morgan fingerprint density at radius 1 is 1.25 bits per heavy atom. The summed E-state index contributed by atoms with van der Waals surface area (Å²) in [6.45, 7) is 4.12. The van der Waals surface area contributed by atoms with Gasteiger partial charge in [0.25, 0.3) is 0 Å². The molecule has 2 heterocycles. The van der Waals surface area contributed by atoms with Gasteiger partial charge in [-0.15, -0.1) is 11.3 Å². The number of nitrogen functional groups attached to an aromatic ring is 1. The molecule has 1 aromatic carbocycles. The van der Waals surface area contributed by atoms with E-state index in [0.717, 1.165) is 20.3 Å². The number of rotatable bonds is 2. The molecule has 3 rings (SSSR count). The van der Waals surface area contributed by atoms with Gasteiger partial charge in [-0.1, -0.05) is 6.07 Å². The van der Waals surface area contributed by atoms with Crippen molar-refractivity contribution >= 4 is 43.2 Å². The van der Waals surface area contributed by atoms with Crippen molar-refractivity contribution in [1.29, 1.82) is 0 Å². The van der Waals surface area contributed by atoms with Crippen molar-refractivity contribution in [3.8, 4) is 11.6 Å². The van der Waals surface area contributed by atoms with Gasteiger partial charge in [-0.3, -0.25) is 0 Å². The minimum absolute atomic E-state index is 0.537. The first kappa shape index (κ1) is 13.3. The molecule has 102 valence electrons. The largest absolute Gasteiger partial charge is 0.435 e. The molecule has 6 heteroatoms. The summed E-state index contributed by atoms with van der Waals surface area (Å²) < 4.78 is 6.73. The molecule has 20 heavy (non-hydrogen) atoms. The highest BCUT2D eigenvalue weighted by molar-refractivity contribution is 9.10. The number of nitrogens with zero attached hydrogens (tertiary/aromatic N) is 2. The number of nitrogens with two attached hydrogens (primary N) is 1. The zero-order valence-corrected chi connectivity index (χ0v) is 13.4. The fourth-order valence-corrected chi connectivity index (χ4v) is 3.41. The minimum atomic E-state index is 0.537. The highest BCUT2D eigenvalue weighted by Crippen LogP contribution is 2.39. The maximum atomic E-state index is 5.96. The molecule has 3 aromatic rings. The number of aryl methyl sites for hydroxylation is 2. The van der Waals surface area contributed by atoms with Crippen LogP contribution in [0.1, 0.15) is 10.4 Å². The third-order valence-corrected chi connectivity index (χ3v) is 4.87. The third-order valence-electron chi connectivity index (χ3n) is 3.13. The average Bonchev–Trinajstić information content (AvgIpc) is 2.71. The van der Waals surface area contributed by atoms with Crippen molar-refractivity contribution in [3.05, 3.63) is 39.4 Å². The summed E-state index contributed by atoms with van der Waals surface area (Å²) in [5, 5.41) is 0.949. The van der Waals surface area contributed by atoms with Crippen LogP contribution in [0.3, 0.4) is 0 Å². The van der Waals surface area contributed by atoms with Crippen LogP contribution in [0.15, 0.2) is 29.0 Å². The molecule has 0 atom stereocenters. The number of halogens is 1. The van der Waals surface area contributed by atoms with Gasteiger partial charge in [0.15, 0.2) is 5.75 Å². The molecule has 0 saturated heterocycles. The van der Waals surface area contributed by atoms with Crippen LogP contribution in [0.2, 0.25) is 0 Å². The molecule has 0 bridgehead atoms. The molecule has 0 spiro atoms. The van der Waals surface area contributed by atoms with Gasteiger partial charge in [-0.25, -0.2) is 9.97 Å². The summed E-state index contributed by atoms with van der Waals surface area (Å²) in [6.07, 6.45) is 1.51. The smallest absolute Gasteiger partial charge is 0.231 e. The highest BCUT2D eigenvalue weighted by Gasteiger charge is 2.15. The van der Waals surface area contributed by atoms with E-state index in [1.807, 2.05) is 19.1 Å². The number of ether oxygens (including phenoxy) is 1. The molecule has 0 amide bonds. The molecule has 0 fully saturated rings. The van der Waals surface area contributed by atoms with Gasteiger partial charge < -0.3 is 10.5 Å². The Morgan fingerprint density at radius 2 is 2.05 bits per heavy atom. The first-order valence-electron chi connectivity index (χ1n) is 6.00. The van der Waals surface area contributed by atoms with Gasteiger partial charge in [0.1, 0.15) is 11.2 Å². The maximum absolute atomic E-state index is 5.96. The van der Waals surface area contributed by atoms with E-state index in [9.17, 15) is 0 Å². The predicted molar refractivity (Wildman–Crippen MR) is 85.5 cm³/mol. The van der Waals surface area contributed by atoms with E-state index in [1.165, 1.54) is 11.2 Å². The summed E-state index contributed by atoms with van der Waals surface area (Å²) in [4.78, 5) is 10.7. The van der Waals surface area contributed by atoms with Gasteiger partial charge >= 0.3 is 0 Å². The lowest BCUT2D eigenvalue weighted by atomic mass is 10.2. The van der Waals surface area contributed by atoms with Gasteiger partial charge in [-0.2, -0.15) is 0 Å². The first-order valence-corrected chi connectivity index (χ1v) is 7.61. The molecule has 0 aliphatic heterocycles. The summed E-state index contributed by atoms with van der Waals surface area (Å²) in [6, 6.07) is 5.54. The van der Waals surface area contributed by atoms with Crippen molar-refractivity contribution in [2.45, 2.75) is 13.8 Å². The standard InChI is InChI=1S/C14H12BrN3OS/c1-7-8(2)20-14-11(7)13(17-6-18-14)19-12-9(15)4-3-5-10(12)16/h3-6H,16H2,1-2H3. The number of benzene rings is 1. The normalized spacial score (nSPS) is 10.9. The Kier molecular flexibility index (Phi) is 3.35. The number of anilines is 1. The minimum Gasteiger partial charge on any atom is -0.435 e. The van der Waals surface area contributed by atoms with Crippen LogP contribution in [0.5, 0.6) is 11.6 Å². The fourth-order valence-electron chi connectivity index (χ4n) is 1.96. The SMILES string of the molecule is Cc1sc2ncnc(Oc3c(N)cccc3Br)c2c1C. The zero-order valence-electron chi connectivity index (χ0n) is 11.0. The average molecular weight is 350 g/mol. The second-order valence-electron chi connectivity index (χ2n) is 4.40. The van der Waals surface area contributed by atoms with E-state index in [2.05, 4.69) is 32.8 Å². The van der Waals surface area contributed by atoms with Crippen LogP contribution in [-0.2, 0) is 0 Å². The fraction of sp³-hybridized carbons (Fsp3) is 0.143. The number of hydrogen-bond acceptors (Lipinski definition) is 5. The van der Waals surface area contributed by atoms with Crippen LogP contribution in [0.4, 0.5) is 5.69 Å². The van der Waals surface area contributed by atoms with Crippen molar-refractivity contribution in [2.24, 2.45) is 0 Å². The predicted octanol–water partition coefficient (Wildman–Crippen LogP) is 4.45. The highest BCUT2D eigenvalue weighted by atomic mass is 79.9. The van der Waals surface area contributed by atoms with Crippen LogP contribution in [-0.4, -0.2) is 9.97 Å². The van der Waals surface area contributed by atoms with Gasteiger partial charge in [-0.05, 0) is 47.5 Å². The maximum Gasteiger partial charge on any atom is 0.231 e. The second kappa shape index (κ2) is 5.03. The number of thiophene rings is 1. The monoisotopic (exact) mass is 349 g/mol. The summed E-state index contributed by atoms with van der Waals surface area (Å²) in [5.41, 5.74) is 7.67. The summed E-state index contributed by atoms with van der Waals surface area (Å²) in [5.74, 6) is 1.12. The Labute approximate surface area is 128 Å². The molecule has 2 N–H and O–H groups in total. The molecule has 0 radical (unpaired) electrons. The van der Waals surface area contributed by atoms with Crippen LogP contribution < -0.4 is 10.5 Å². The van der Waals surface area contributed by atoms with Gasteiger partial charge in [0.2, 0.25) is 5.88 Å². The van der Waals surface area contributed by atoms with E-state index in [0.29, 0.717) is 17.3 Å². The summed E-state index contributed by atoms with van der Waals surface area (Å²) in [7, 11) is 0. The molecular weight excluding hydrogens is 338 g/mol.